The highest BCUT2D eigenvalue weighted by molar-refractivity contribution is 9.10. The minimum absolute atomic E-state index is 0.0240. The van der Waals surface area contributed by atoms with Crippen LogP contribution in [0.3, 0.4) is 0 Å². The summed E-state index contributed by atoms with van der Waals surface area (Å²) in [6.07, 6.45) is 0. The molecule has 5 heteroatoms. The van der Waals surface area contributed by atoms with Crippen LogP contribution in [0.4, 0.5) is 0 Å². The summed E-state index contributed by atoms with van der Waals surface area (Å²) in [4.78, 5) is 0. The van der Waals surface area contributed by atoms with Crippen molar-refractivity contribution in [3.63, 3.8) is 0 Å². The van der Waals surface area contributed by atoms with Gasteiger partial charge in [-0.2, -0.15) is 0 Å². The lowest BCUT2D eigenvalue weighted by Gasteiger charge is -2.16. The minimum atomic E-state index is 0.0240. The SMILES string of the molecule is BC1(B)COc2ccc(Br)c(Cl)c21. The van der Waals surface area contributed by atoms with Crippen LogP contribution in [0.15, 0.2) is 16.6 Å². The highest BCUT2D eigenvalue weighted by Crippen LogP contribution is 2.42. The van der Waals surface area contributed by atoms with E-state index in [4.69, 9.17) is 16.3 Å². The monoisotopic (exact) mass is 256 g/mol. The van der Waals surface area contributed by atoms with E-state index in [0.717, 1.165) is 20.8 Å². The topological polar surface area (TPSA) is 9.23 Å². The van der Waals surface area contributed by atoms with Gasteiger partial charge in [0, 0.05) is 10.0 Å². The Morgan fingerprint density at radius 1 is 1.46 bits per heavy atom. The molecule has 0 amide bonds. The fourth-order valence-corrected chi connectivity index (χ4v) is 2.36. The van der Waals surface area contributed by atoms with Gasteiger partial charge in [-0.05, 0) is 33.3 Å². The van der Waals surface area contributed by atoms with E-state index in [-0.39, 0.29) is 5.21 Å². The Hall–Kier alpha value is -0.0801. The zero-order chi connectivity index (χ0) is 9.64. The predicted octanol–water partition coefficient (Wildman–Crippen LogP) is 0.914. The van der Waals surface area contributed by atoms with E-state index in [1.807, 2.05) is 12.1 Å². The van der Waals surface area contributed by atoms with Gasteiger partial charge in [0.25, 0.3) is 0 Å². The quantitative estimate of drug-likeness (QED) is 0.628. The molecular formula is C8H8B2BrClO. The Balaban J connectivity index is 2.68. The van der Waals surface area contributed by atoms with Gasteiger partial charge in [0.1, 0.15) is 21.4 Å². The number of fused-ring (bicyclic) bond motifs is 1. The number of hydrogen-bond acceptors (Lipinski definition) is 1. The predicted molar refractivity (Wildman–Crippen MR) is 63.4 cm³/mol. The molecule has 13 heavy (non-hydrogen) atoms. The smallest absolute Gasteiger partial charge is 0.123 e. The highest BCUT2D eigenvalue weighted by atomic mass is 79.9. The van der Waals surface area contributed by atoms with Gasteiger partial charge in [-0.1, -0.05) is 11.6 Å². The number of halogens is 2. The lowest BCUT2D eigenvalue weighted by atomic mass is 9.52. The third-order valence-electron chi connectivity index (χ3n) is 2.32. The molecule has 1 nitrogen and oxygen atoms in total. The van der Waals surface area contributed by atoms with Crippen LogP contribution < -0.4 is 4.74 Å². The first-order valence-corrected chi connectivity index (χ1v) is 5.31. The van der Waals surface area contributed by atoms with Crippen LogP contribution in [0.2, 0.25) is 5.02 Å². The summed E-state index contributed by atoms with van der Waals surface area (Å²) in [5.41, 5.74) is 1.11. The van der Waals surface area contributed by atoms with E-state index in [2.05, 4.69) is 31.6 Å². The van der Waals surface area contributed by atoms with Crippen molar-refractivity contribution >= 4 is 43.2 Å². The number of benzene rings is 1. The molecule has 0 atom stereocenters. The molecule has 0 spiro atoms. The molecule has 1 aliphatic heterocycles. The molecule has 1 aliphatic rings. The summed E-state index contributed by atoms with van der Waals surface area (Å²) >= 11 is 9.61. The average molecular weight is 257 g/mol. The Morgan fingerprint density at radius 3 is 2.85 bits per heavy atom. The fraction of sp³-hybridized carbons (Fsp3) is 0.250. The molecule has 0 bridgehead atoms. The first-order valence-electron chi connectivity index (χ1n) is 4.14. The average Bonchev–Trinajstić information content (AvgIpc) is 2.35. The van der Waals surface area contributed by atoms with Crippen molar-refractivity contribution < 1.29 is 4.74 Å². The van der Waals surface area contributed by atoms with E-state index in [9.17, 15) is 0 Å². The van der Waals surface area contributed by atoms with Gasteiger partial charge in [0.15, 0.2) is 0 Å². The van der Waals surface area contributed by atoms with Crippen molar-refractivity contribution in [2.75, 3.05) is 6.61 Å². The minimum Gasteiger partial charge on any atom is -0.494 e. The third kappa shape index (κ3) is 1.40. The molecule has 0 saturated carbocycles. The van der Waals surface area contributed by atoms with Crippen LogP contribution in [0.5, 0.6) is 5.75 Å². The van der Waals surface area contributed by atoms with Gasteiger partial charge in [-0.15, -0.1) is 0 Å². The Labute approximate surface area is 92.7 Å². The maximum atomic E-state index is 6.20. The van der Waals surface area contributed by atoms with E-state index in [1.165, 1.54) is 0 Å². The number of ether oxygens (including phenoxy) is 1. The third-order valence-corrected chi connectivity index (χ3v) is 3.60. The molecule has 2 rings (SSSR count). The van der Waals surface area contributed by atoms with Crippen molar-refractivity contribution in [1.29, 1.82) is 0 Å². The zero-order valence-electron chi connectivity index (χ0n) is 7.53. The van der Waals surface area contributed by atoms with Crippen LogP contribution in [0.25, 0.3) is 0 Å². The summed E-state index contributed by atoms with van der Waals surface area (Å²) in [6.45, 7) is 0.707. The lowest BCUT2D eigenvalue weighted by molar-refractivity contribution is 0.343. The molecular weight excluding hydrogens is 249 g/mol. The van der Waals surface area contributed by atoms with Crippen molar-refractivity contribution in [1.82, 2.24) is 0 Å². The maximum Gasteiger partial charge on any atom is 0.123 e. The molecule has 66 valence electrons. The van der Waals surface area contributed by atoms with Gasteiger partial charge in [-0.3, -0.25) is 0 Å². The summed E-state index contributed by atoms with van der Waals surface area (Å²) < 4.78 is 6.48. The van der Waals surface area contributed by atoms with Crippen LogP contribution in [0.1, 0.15) is 5.56 Å². The molecule has 1 aromatic carbocycles. The molecule has 0 aliphatic carbocycles. The van der Waals surface area contributed by atoms with Gasteiger partial charge >= 0.3 is 0 Å². The summed E-state index contributed by atoms with van der Waals surface area (Å²) in [6, 6.07) is 3.88. The standard InChI is InChI=1S/C8H8B2BrClO/c9-8(10)3-13-5-2-1-4(11)7(12)6(5)8/h1-2H,3,9-10H2. The van der Waals surface area contributed by atoms with E-state index < -0.39 is 0 Å². The molecule has 1 aromatic rings. The van der Waals surface area contributed by atoms with Gasteiger partial charge in [-0.25, -0.2) is 0 Å². The second kappa shape index (κ2) is 2.96. The molecule has 0 saturated heterocycles. The van der Waals surface area contributed by atoms with Crippen molar-refractivity contribution in [3.05, 3.63) is 27.2 Å². The fourth-order valence-electron chi connectivity index (χ4n) is 1.61. The van der Waals surface area contributed by atoms with Gasteiger partial charge in [0.2, 0.25) is 0 Å². The van der Waals surface area contributed by atoms with Crippen LogP contribution in [0, 0.1) is 0 Å². The largest absolute Gasteiger partial charge is 0.494 e. The van der Waals surface area contributed by atoms with Crippen LogP contribution in [-0.4, -0.2) is 22.3 Å². The van der Waals surface area contributed by atoms with Crippen LogP contribution in [-0.2, 0) is 5.21 Å². The summed E-state index contributed by atoms with van der Waals surface area (Å²) in [7, 11) is 4.27. The van der Waals surface area contributed by atoms with Crippen molar-refractivity contribution in [2.24, 2.45) is 0 Å². The first-order chi connectivity index (χ1) is 6.02. The Morgan fingerprint density at radius 2 is 2.15 bits per heavy atom. The second-order valence-corrected chi connectivity index (χ2v) is 5.14. The Bertz CT molecular complexity index is 367. The summed E-state index contributed by atoms with van der Waals surface area (Å²) in [5, 5.41) is 0.802. The molecule has 0 unspecified atom stereocenters. The lowest BCUT2D eigenvalue weighted by Crippen LogP contribution is -2.28. The van der Waals surface area contributed by atoms with Gasteiger partial charge < -0.3 is 4.74 Å². The molecule has 0 aromatic heterocycles. The van der Waals surface area contributed by atoms with Crippen molar-refractivity contribution in [2.45, 2.75) is 5.21 Å². The normalized spacial score (nSPS) is 18.0. The molecule has 1 heterocycles. The van der Waals surface area contributed by atoms with Crippen molar-refractivity contribution in [3.8, 4) is 5.75 Å². The summed E-state index contributed by atoms with van der Waals surface area (Å²) in [5.74, 6) is 0.915. The molecule has 0 radical (unpaired) electrons. The van der Waals surface area contributed by atoms with E-state index in [1.54, 1.807) is 0 Å². The molecule has 0 N–H and O–H groups in total. The van der Waals surface area contributed by atoms with Gasteiger partial charge in [0.05, 0.1) is 11.6 Å². The number of hydrogen-bond donors (Lipinski definition) is 0. The first kappa shape index (κ1) is 9.47. The molecule has 0 fully saturated rings. The van der Waals surface area contributed by atoms with Crippen LogP contribution >= 0.6 is 27.5 Å². The Kier molecular flexibility index (Phi) is 2.16. The van der Waals surface area contributed by atoms with E-state index in [0.29, 0.717) is 6.61 Å². The van der Waals surface area contributed by atoms with E-state index >= 15 is 0 Å². The number of rotatable bonds is 0. The second-order valence-electron chi connectivity index (χ2n) is 3.91. The zero-order valence-corrected chi connectivity index (χ0v) is 9.87. The maximum absolute atomic E-state index is 6.20. The highest BCUT2D eigenvalue weighted by Gasteiger charge is 2.34.